The maximum atomic E-state index is 5.75. The van der Waals surface area contributed by atoms with Gasteiger partial charge in [-0.1, -0.05) is 11.3 Å². The van der Waals surface area contributed by atoms with E-state index < -0.39 is 0 Å². The second kappa shape index (κ2) is 6.46. The lowest BCUT2D eigenvalue weighted by Gasteiger charge is -2.30. The maximum Gasteiger partial charge on any atom is 0.294 e. The van der Waals surface area contributed by atoms with Gasteiger partial charge in [0.25, 0.3) is 5.19 Å². The molecule has 8 nitrogen and oxygen atoms in total. The Labute approximate surface area is 126 Å². The molecule has 9 heteroatoms. The Balaban J connectivity index is 1.60. The van der Waals surface area contributed by atoms with E-state index in [0.717, 1.165) is 30.5 Å². The third kappa shape index (κ3) is 3.55. The van der Waals surface area contributed by atoms with Crippen molar-refractivity contribution in [2.24, 2.45) is 0 Å². The molecule has 3 heterocycles. The molecular weight excluding hydrogens is 292 g/mol. The van der Waals surface area contributed by atoms with Gasteiger partial charge in [0, 0.05) is 13.1 Å². The van der Waals surface area contributed by atoms with Crippen molar-refractivity contribution in [2.45, 2.75) is 26.5 Å². The van der Waals surface area contributed by atoms with Crippen LogP contribution in [0.25, 0.3) is 0 Å². The number of hydrogen-bond acceptors (Lipinski definition) is 8. The van der Waals surface area contributed by atoms with Crippen LogP contribution in [0, 0.1) is 6.92 Å². The van der Waals surface area contributed by atoms with Crippen molar-refractivity contribution in [1.82, 2.24) is 30.3 Å². The van der Waals surface area contributed by atoms with Gasteiger partial charge in [-0.15, -0.1) is 10.2 Å². The topological polar surface area (TPSA) is 89.0 Å². The predicted molar refractivity (Wildman–Crippen MR) is 76.2 cm³/mol. The van der Waals surface area contributed by atoms with Crippen LogP contribution < -0.4 is 4.74 Å². The molecule has 1 N–H and O–H groups in total. The fourth-order valence-electron chi connectivity index (χ4n) is 2.18. The van der Waals surface area contributed by atoms with E-state index in [9.17, 15) is 0 Å². The molecule has 1 atom stereocenters. The Morgan fingerprint density at radius 3 is 3.14 bits per heavy atom. The van der Waals surface area contributed by atoms with Gasteiger partial charge < -0.3 is 9.47 Å². The third-order valence-corrected chi connectivity index (χ3v) is 3.95. The smallest absolute Gasteiger partial charge is 0.294 e. The summed E-state index contributed by atoms with van der Waals surface area (Å²) in [5, 5.41) is 16.8. The fourth-order valence-corrected chi connectivity index (χ4v) is 2.97. The lowest BCUT2D eigenvalue weighted by molar-refractivity contribution is -0.0371. The Morgan fingerprint density at radius 1 is 1.48 bits per heavy atom. The number of aromatic amines is 1. The number of nitrogens with one attached hydrogen (secondary N) is 1. The molecule has 0 bridgehead atoms. The highest BCUT2D eigenvalue weighted by molar-refractivity contribution is 7.13. The molecule has 2 aromatic rings. The molecule has 0 amide bonds. The molecule has 0 aromatic carbocycles. The van der Waals surface area contributed by atoms with Crippen molar-refractivity contribution in [3.05, 3.63) is 16.7 Å². The molecule has 1 aliphatic heterocycles. The van der Waals surface area contributed by atoms with Crippen molar-refractivity contribution < 1.29 is 9.47 Å². The summed E-state index contributed by atoms with van der Waals surface area (Å²) in [7, 11) is 0. The fraction of sp³-hybridized carbons (Fsp3) is 0.667. The van der Waals surface area contributed by atoms with Crippen molar-refractivity contribution in [2.75, 3.05) is 26.3 Å². The van der Waals surface area contributed by atoms with Gasteiger partial charge in [0.2, 0.25) is 0 Å². The van der Waals surface area contributed by atoms with E-state index in [1.54, 1.807) is 0 Å². The average Bonchev–Trinajstić information content (AvgIpc) is 3.09. The molecule has 1 aliphatic rings. The van der Waals surface area contributed by atoms with Crippen LogP contribution in [0.4, 0.5) is 0 Å². The average molecular weight is 310 g/mol. The first kappa shape index (κ1) is 14.4. The van der Waals surface area contributed by atoms with Crippen molar-refractivity contribution in [3.63, 3.8) is 0 Å². The number of aromatic nitrogens is 5. The molecule has 21 heavy (non-hydrogen) atoms. The number of hydrogen-bond donors (Lipinski definition) is 1. The molecule has 0 spiro atoms. The SMILES string of the molecule is CCOc1nnc(CN2CCO[C@H](c3n[nH]c(C)n3)C2)s1. The standard InChI is InChI=1S/C12H18N6O2S/c1-3-19-12-17-15-10(21-12)7-18-4-5-20-9(6-18)11-13-8(2)14-16-11/h9H,3-7H2,1-2H3,(H,13,14,16)/t9-/m0/s1. The number of ether oxygens (including phenoxy) is 2. The summed E-state index contributed by atoms with van der Waals surface area (Å²) in [5.74, 6) is 1.51. The van der Waals surface area contributed by atoms with Crippen LogP contribution in [0.3, 0.4) is 0 Å². The Bertz CT molecular complexity index is 586. The zero-order chi connectivity index (χ0) is 14.7. The first-order chi connectivity index (χ1) is 10.2. The van der Waals surface area contributed by atoms with Gasteiger partial charge in [0.05, 0.1) is 19.8 Å². The Kier molecular flexibility index (Phi) is 4.42. The number of nitrogens with zero attached hydrogens (tertiary/aromatic N) is 5. The molecule has 2 aromatic heterocycles. The molecule has 0 aliphatic carbocycles. The van der Waals surface area contributed by atoms with Crippen LogP contribution in [-0.2, 0) is 11.3 Å². The molecule has 1 saturated heterocycles. The van der Waals surface area contributed by atoms with Gasteiger partial charge in [0.1, 0.15) is 16.9 Å². The minimum atomic E-state index is -0.0945. The number of morpholine rings is 1. The van der Waals surface area contributed by atoms with Crippen LogP contribution in [0.15, 0.2) is 0 Å². The maximum absolute atomic E-state index is 5.75. The molecule has 114 valence electrons. The molecule has 0 unspecified atom stereocenters. The molecule has 0 saturated carbocycles. The first-order valence-corrected chi connectivity index (χ1v) is 7.74. The second-order valence-corrected chi connectivity index (χ2v) is 5.79. The molecular formula is C12H18N6O2S. The highest BCUT2D eigenvalue weighted by Gasteiger charge is 2.25. The number of aryl methyl sites for hydroxylation is 1. The summed E-state index contributed by atoms with van der Waals surface area (Å²) in [6.45, 7) is 7.45. The lowest BCUT2D eigenvalue weighted by atomic mass is 10.2. The van der Waals surface area contributed by atoms with Gasteiger partial charge in [0.15, 0.2) is 5.82 Å². The summed E-state index contributed by atoms with van der Waals surface area (Å²) in [6.07, 6.45) is -0.0945. The Morgan fingerprint density at radius 2 is 2.38 bits per heavy atom. The Hall–Kier alpha value is -1.58. The van der Waals surface area contributed by atoms with Crippen molar-refractivity contribution in [1.29, 1.82) is 0 Å². The van der Waals surface area contributed by atoms with Crippen LogP contribution in [0.5, 0.6) is 5.19 Å². The minimum Gasteiger partial charge on any atom is -0.469 e. The quantitative estimate of drug-likeness (QED) is 0.879. The zero-order valence-electron chi connectivity index (χ0n) is 12.1. The lowest BCUT2D eigenvalue weighted by Crippen LogP contribution is -2.38. The largest absolute Gasteiger partial charge is 0.469 e. The molecule has 0 radical (unpaired) electrons. The van der Waals surface area contributed by atoms with Crippen LogP contribution >= 0.6 is 11.3 Å². The van der Waals surface area contributed by atoms with Crippen LogP contribution in [-0.4, -0.2) is 56.6 Å². The van der Waals surface area contributed by atoms with Gasteiger partial charge in [-0.2, -0.15) is 5.10 Å². The van der Waals surface area contributed by atoms with Gasteiger partial charge in [-0.3, -0.25) is 10.00 Å². The molecule has 1 fully saturated rings. The van der Waals surface area contributed by atoms with E-state index >= 15 is 0 Å². The van der Waals surface area contributed by atoms with Gasteiger partial charge in [-0.05, 0) is 13.8 Å². The minimum absolute atomic E-state index is 0.0945. The monoisotopic (exact) mass is 310 g/mol. The van der Waals surface area contributed by atoms with Gasteiger partial charge in [-0.25, -0.2) is 4.98 Å². The highest BCUT2D eigenvalue weighted by atomic mass is 32.1. The van der Waals surface area contributed by atoms with E-state index in [-0.39, 0.29) is 6.10 Å². The van der Waals surface area contributed by atoms with E-state index in [0.29, 0.717) is 24.2 Å². The van der Waals surface area contributed by atoms with E-state index in [1.165, 1.54) is 11.3 Å². The third-order valence-electron chi connectivity index (χ3n) is 3.13. The van der Waals surface area contributed by atoms with Crippen molar-refractivity contribution >= 4 is 11.3 Å². The second-order valence-electron chi connectivity index (χ2n) is 4.77. The summed E-state index contributed by atoms with van der Waals surface area (Å²) in [4.78, 5) is 6.61. The summed E-state index contributed by atoms with van der Waals surface area (Å²) in [6, 6.07) is 0. The summed E-state index contributed by atoms with van der Waals surface area (Å²) in [5.41, 5.74) is 0. The zero-order valence-corrected chi connectivity index (χ0v) is 12.9. The van der Waals surface area contributed by atoms with E-state index in [4.69, 9.17) is 9.47 Å². The summed E-state index contributed by atoms with van der Waals surface area (Å²) >= 11 is 1.49. The van der Waals surface area contributed by atoms with E-state index in [2.05, 4.69) is 30.3 Å². The highest BCUT2D eigenvalue weighted by Crippen LogP contribution is 2.23. The predicted octanol–water partition coefficient (Wildman–Crippen LogP) is 0.937. The normalized spacial score (nSPS) is 19.8. The number of H-pyrrole nitrogens is 1. The van der Waals surface area contributed by atoms with E-state index in [1.807, 2.05) is 13.8 Å². The number of rotatable bonds is 5. The molecule has 3 rings (SSSR count). The summed E-state index contributed by atoms with van der Waals surface area (Å²) < 4.78 is 11.1. The van der Waals surface area contributed by atoms with Crippen molar-refractivity contribution in [3.8, 4) is 5.19 Å². The van der Waals surface area contributed by atoms with Crippen LogP contribution in [0.2, 0.25) is 0 Å². The van der Waals surface area contributed by atoms with Gasteiger partial charge >= 0.3 is 0 Å². The van der Waals surface area contributed by atoms with Crippen LogP contribution in [0.1, 0.15) is 29.7 Å². The first-order valence-electron chi connectivity index (χ1n) is 6.92.